The smallest absolute Gasteiger partial charge is 0.131 e. The summed E-state index contributed by atoms with van der Waals surface area (Å²) in [5.41, 5.74) is 0.889. The molecule has 0 saturated heterocycles. The quantitative estimate of drug-likeness (QED) is 0.766. The Hall–Kier alpha value is -1.82. The fraction of sp³-hybridized carbons (Fsp3) is 0.250. The maximum absolute atomic E-state index is 13.6. The fourth-order valence-electron chi connectivity index (χ4n) is 2.11. The summed E-state index contributed by atoms with van der Waals surface area (Å²) in [4.78, 5) is 0. The number of halogens is 2. The van der Waals surface area contributed by atoms with Gasteiger partial charge >= 0.3 is 0 Å². The molecule has 3 nitrogen and oxygen atoms in total. The van der Waals surface area contributed by atoms with Crippen molar-refractivity contribution in [1.82, 2.24) is 5.32 Å². The minimum absolute atomic E-state index is 0.0219. The number of aliphatic hydroxyl groups excluding tert-OH is 2. The Labute approximate surface area is 121 Å². The summed E-state index contributed by atoms with van der Waals surface area (Å²) in [5.74, 6) is -1.47. The van der Waals surface area contributed by atoms with E-state index in [1.54, 1.807) is 0 Å². The highest BCUT2D eigenvalue weighted by atomic mass is 19.1. The first kappa shape index (κ1) is 15.6. The summed E-state index contributed by atoms with van der Waals surface area (Å²) in [6.45, 7) is -0.106. The molecule has 0 aromatic heterocycles. The summed E-state index contributed by atoms with van der Waals surface area (Å²) in [5, 5.41) is 22.3. The summed E-state index contributed by atoms with van der Waals surface area (Å²) in [6, 6.07) is 11.9. The van der Waals surface area contributed by atoms with E-state index in [0.29, 0.717) is 0 Å². The van der Waals surface area contributed by atoms with E-state index in [0.717, 1.165) is 17.7 Å². The number of benzene rings is 2. The SMILES string of the molecule is OCC(NCC(O)c1ccc(F)cc1F)c1ccccc1. The molecule has 0 aliphatic heterocycles. The molecule has 21 heavy (non-hydrogen) atoms. The first-order valence-electron chi connectivity index (χ1n) is 6.64. The van der Waals surface area contributed by atoms with Crippen LogP contribution in [0.5, 0.6) is 0 Å². The topological polar surface area (TPSA) is 52.5 Å². The minimum atomic E-state index is -1.12. The third-order valence-corrected chi connectivity index (χ3v) is 3.26. The van der Waals surface area contributed by atoms with Crippen molar-refractivity contribution in [3.8, 4) is 0 Å². The lowest BCUT2D eigenvalue weighted by Crippen LogP contribution is -2.29. The lowest BCUT2D eigenvalue weighted by molar-refractivity contribution is 0.155. The van der Waals surface area contributed by atoms with E-state index in [9.17, 15) is 19.0 Å². The molecule has 2 rings (SSSR count). The van der Waals surface area contributed by atoms with Crippen molar-refractivity contribution in [2.75, 3.05) is 13.2 Å². The Morgan fingerprint density at radius 2 is 1.76 bits per heavy atom. The predicted molar refractivity (Wildman–Crippen MR) is 75.6 cm³/mol. The Morgan fingerprint density at radius 1 is 1.05 bits per heavy atom. The van der Waals surface area contributed by atoms with Gasteiger partial charge in [0.1, 0.15) is 11.6 Å². The van der Waals surface area contributed by atoms with Gasteiger partial charge in [-0.2, -0.15) is 0 Å². The van der Waals surface area contributed by atoms with Gasteiger partial charge in [-0.3, -0.25) is 0 Å². The van der Waals surface area contributed by atoms with Crippen LogP contribution in [0.2, 0.25) is 0 Å². The first-order chi connectivity index (χ1) is 10.1. The van der Waals surface area contributed by atoms with Crippen molar-refractivity contribution in [3.05, 3.63) is 71.3 Å². The Kier molecular flexibility index (Phi) is 5.38. The van der Waals surface area contributed by atoms with Crippen LogP contribution in [0.1, 0.15) is 23.3 Å². The van der Waals surface area contributed by atoms with Gasteiger partial charge < -0.3 is 15.5 Å². The molecule has 2 unspecified atom stereocenters. The molecule has 0 fully saturated rings. The van der Waals surface area contributed by atoms with Crippen LogP contribution in [0, 0.1) is 11.6 Å². The Bertz CT molecular complexity index is 578. The molecule has 0 bridgehead atoms. The molecule has 2 aromatic rings. The van der Waals surface area contributed by atoms with Gasteiger partial charge in [-0.25, -0.2) is 8.78 Å². The van der Waals surface area contributed by atoms with Gasteiger partial charge in [-0.1, -0.05) is 36.4 Å². The highest BCUT2D eigenvalue weighted by Crippen LogP contribution is 2.19. The normalized spacial score (nSPS) is 13.9. The van der Waals surface area contributed by atoms with Crippen LogP contribution in [0.25, 0.3) is 0 Å². The van der Waals surface area contributed by atoms with Crippen LogP contribution < -0.4 is 5.32 Å². The minimum Gasteiger partial charge on any atom is -0.394 e. The van der Waals surface area contributed by atoms with E-state index in [-0.39, 0.29) is 24.8 Å². The largest absolute Gasteiger partial charge is 0.394 e. The van der Waals surface area contributed by atoms with Crippen LogP contribution in [-0.4, -0.2) is 23.4 Å². The van der Waals surface area contributed by atoms with Crippen molar-refractivity contribution in [2.45, 2.75) is 12.1 Å². The van der Waals surface area contributed by atoms with Gasteiger partial charge in [-0.15, -0.1) is 0 Å². The average molecular weight is 293 g/mol. The average Bonchev–Trinajstić information content (AvgIpc) is 2.48. The second-order valence-corrected chi connectivity index (χ2v) is 4.74. The third-order valence-electron chi connectivity index (χ3n) is 3.26. The molecule has 0 heterocycles. The number of aliphatic hydroxyl groups is 2. The molecular formula is C16H17F2NO2. The van der Waals surface area contributed by atoms with Crippen LogP contribution in [0.4, 0.5) is 8.78 Å². The molecule has 3 N–H and O–H groups in total. The predicted octanol–water partition coefficient (Wildman–Crippen LogP) is 2.32. The third kappa shape index (κ3) is 4.07. The van der Waals surface area contributed by atoms with Crippen LogP contribution in [-0.2, 0) is 0 Å². The maximum atomic E-state index is 13.6. The Balaban J connectivity index is 2.01. The molecular weight excluding hydrogens is 276 g/mol. The van der Waals surface area contributed by atoms with E-state index in [2.05, 4.69) is 5.32 Å². The van der Waals surface area contributed by atoms with Crippen molar-refractivity contribution >= 4 is 0 Å². The lowest BCUT2D eigenvalue weighted by atomic mass is 10.1. The first-order valence-corrected chi connectivity index (χ1v) is 6.64. The summed E-state index contributed by atoms with van der Waals surface area (Å²) in [6.07, 6.45) is -1.12. The van der Waals surface area contributed by atoms with E-state index in [1.165, 1.54) is 6.07 Å². The van der Waals surface area contributed by atoms with Crippen molar-refractivity contribution in [1.29, 1.82) is 0 Å². The zero-order valence-electron chi connectivity index (χ0n) is 11.3. The van der Waals surface area contributed by atoms with Crippen molar-refractivity contribution < 1.29 is 19.0 Å². The molecule has 5 heteroatoms. The molecule has 2 aromatic carbocycles. The maximum Gasteiger partial charge on any atom is 0.131 e. The standard InChI is InChI=1S/C16H17F2NO2/c17-12-6-7-13(14(18)8-12)16(21)9-19-15(10-20)11-4-2-1-3-5-11/h1-8,15-16,19-21H,9-10H2. The molecule has 0 aliphatic carbocycles. The molecule has 0 spiro atoms. The molecule has 0 amide bonds. The number of hydrogen-bond donors (Lipinski definition) is 3. The highest BCUT2D eigenvalue weighted by molar-refractivity contribution is 5.22. The van der Waals surface area contributed by atoms with Gasteiger partial charge in [-0.05, 0) is 11.6 Å². The molecule has 0 aliphatic rings. The lowest BCUT2D eigenvalue weighted by Gasteiger charge is -2.19. The van der Waals surface area contributed by atoms with Crippen LogP contribution in [0.15, 0.2) is 48.5 Å². The van der Waals surface area contributed by atoms with Crippen molar-refractivity contribution in [2.24, 2.45) is 0 Å². The monoisotopic (exact) mass is 293 g/mol. The second-order valence-electron chi connectivity index (χ2n) is 4.74. The van der Waals surface area contributed by atoms with E-state index >= 15 is 0 Å². The van der Waals surface area contributed by atoms with E-state index < -0.39 is 17.7 Å². The Morgan fingerprint density at radius 3 is 2.38 bits per heavy atom. The van der Waals surface area contributed by atoms with Gasteiger partial charge in [0.05, 0.1) is 18.8 Å². The molecule has 112 valence electrons. The number of hydrogen-bond acceptors (Lipinski definition) is 3. The van der Waals surface area contributed by atoms with Crippen LogP contribution >= 0.6 is 0 Å². The number of rotatable bonds is 6. The van der Waals surface area contributed by atoms with Gasteiger partial charge in [0.25, 0.3) is 0 Å². The summed E-state index contributed by atoms with van der Waals surface area (Å²) in [7, 11) is 0. The second kappa shape index (κ2) is 7.26. The van der Waals surface area contributed by atoms with Gasteiger partial charge in [0, 0.05) is 18.2 Å². The molecule has 2 atom stereocenters. The van der Waals surface area contributed by atoms with Crippen molar-refractivity contribution in [3.63, 3.8) is 0 Å². The number of nitrogens with one attached hydrogen (secondary N) is 1. The van der Waals surface area contributed by atoms with Gasteiger partial charge in [0.2, 0.25) is 0 Å². The van der Waals surface area contributed by atoms with Gasteiger partial charge in [0.15, 0.2) is 0 Å². The molecule has 0 radical (unpaired) electrons. The zero-order valence-corrected chi connectivity index (χ0v) is 11.3. The van der Waals surface area contributed by atoms with E-state index in [4.69, 9.17) is 0 Å². The summed E-state index contributed by atoms with van der Waals surface area (Å²) >= 11 is 0. The zero-order chi connectivity index (χ0) is 15.2. The van der Waals surface area contributed by atoms with Crippen LogP contribution in [0.3, 0.4) is 0 Å². The van der Waals surface area contributed by atoms with E-state index in [1.807, 2.05) is 30.3 Å². The molecule has 0 saturated carbocycles. The highest BCUT2D eigenvalue weighted by Gasteiger charge is 2.16. The fourth-order valence-corrected chi connectivity index (χ4v) is 2.11. The summed E-state index contributed by atoms with van der Waals surface area (Å²) < 4.78 is 26.4.